The number of Topliss-reactive ketones (excluding diaryl/α,β-unsaturated/α-hetero) is 2. The second kappa shape index (κ2) is 14.7. The molecule has 2 atom stereocenters. The molecule has 1 radical (unpaired) electrons. The third-order valence-electron chi connectivity index (χ3n) is 2.78. The zero-order valence-electron chi connectivity index (χ0n) is 14.1. The average molecular weight is 444 g/mol. The molecule has 0 bridgehead atoms. The van der Waals surface area contributed by atoms with Crippen LogP contribution in [-0.2, 0) is 14.4 Å². The summed E-state index contributed by atoms with van der Waals surface area (Å²) in [5.74, 6) is 4.01. The number of carbonyl (C=O) groups is 2. The van der Waals surface area contributed by atoms with Gasteiger partial charge in [-0.3, -0.25) is 20.9 Å². The molecule has 0 spiro atoms. The number of ketones is 2. The Morgan fingerprint density at radius 3 is 1.77 bits per heavy atom. The van der Waals surface area contributed by atoms with Gasteiger partial charge in [-0.25, -0.2) is 6.29 Å². The van der Waals surface area contributed by atoms with Gasteiger partial charge >= 0.3 is 0 Å². The summed E-state index contributed by atoms with van der Waals surface area (Å²) in [6.45, 7) is 8.43. The molecule has 0 unspecified atom stereocenters. The summed E-state index contributed by atoms with van der Waals surface area (Å²) in [4.78, 5) is 32.3. The normalized spacial score (nSPS) is 12.8. The van der Waals surface area contributed by atoms with Gasteiger partial charge in [-0.2, -0.15) is 0 Å². The van der Waals surface area contributed by atoms with E-state index in [-0.39, 0.29) is 58.7 Å². The maximum atomic E-state index is 11.3. The van der Waals surface area contributed by atoms with E-state index in [1.807, 2.05) is 13.8 Å². The molecule has 22 heavy (non-hydrogen) atoms. The summed E-state index contributed by atoms with van der Waals surface area (Å²) in [7, 11) is 1.61. The Bertz CT molecular complexity index is 336. The first-order chi connectivity index (χ1) is 9.04. The van der Waals surface area contributed by atoms with Crippen LogP contribution in [0.1, 0.15) is 34.6 Å². The summed E-state index contributed by atoms with van der Waals surface area (Å²) < 4.78 is 0. The van der Waals surface area contributed by atoms with E-state index in [9.17, 15) is 14.4 Å². The van der Waals surface area contributed by atoms with Crippen LogP contribution in [0.25, 0.3) is 5.73 Å². The van der Waals surface area contributed by atoms with E-state index in [1.54, 1.807) is 27.2 Å². The molecule has 0 heterocycles. The van der Waals surface area contributed by atoms with E-state index in [2.05, 4.69) is 10.7 Å². The molecule has 0 saturated carbocycles. The van der Waals surface area contributed by atoms with Gasteiger partial charge in [0.2, 0.25) is 5.78 Å². The van der Waals surface area contributed by atoms with Crippen molar-refractivity contribution in [3.8, 4) is 0 Å². The number of carbonyl (C=O) groups excluding carboxylic acids is 3. The molecule has 0 aromatic carbocycles. The van der Waals surface area contributed by atoms with Crippen molar-refractivity contribution in [1.82, 2.24) is 10.7 Å². The van der Waals surface area contributed by atoms with Crippen LogP contribution in [-0.4, -0.2) is 48.0 Å². The Kier molecular flexibility index (Phi) is 20.2. The minimum absolute atomic E-state index is 0. The van der Waals surface area contributed by atoms with Crippen LogP contribution in [0.2, 0.25) is 0 Å². The van der Waals surface area contributed by atoms with Gasteiger partial charge in [0.1, 0.15) is 0 Å². The zero-order valence-corrected chi connectivity index (χ0v) is 17.8. The van der Waals surface area contributed by atoms with Crippen LogP contribution in [0.3, 0.4) is 0 Å². The fourth-order valence-corrected chi connectivity index (χ4v) is 0.981. The number of likely N-dealkylation sites (N-methyl/N-ethyl adjacent to an activating group) is 1. The Balaban J connectivity index is -0.000000144. The first-order valence-corrected chi connectivity index (χ1v) is 6.37. The van der Waals surface area contributed by atoms with Gasteiger partial charge in [-0.1, -0.05) is 38.8 Å². The van der Waals surface area contributed by atoms with Crippen molar-refractivity contribution in [2.24, 2.45) is 11.8 Å². The topological polar surface area (TPSA) is 155 Å². The van der Waals surface area contributed by atoms with Gasteiger partial charge in [0.25, 0.3) is 0 Å². The number of nitrogens with two attached hydrogens (primary N) is 1. The minimum Gasteiger partial charge on any atom is -0.870 e. The van der Waals surface area contributed by atoms with E-state index < -0.39 is 23.1 Å². The first-order valence-electron chi connectivity index (χ1n) is 6.37. The molecule has 0 aromatic rings. The molecule has 0 aliphatic rings. The monoisotopic (exact) mass is 444 g/mol. The molecule has 0 fully saturated rings. The Labute approximate surface area is 165 Å². The average Bonchev–Trinajstić information content (AvgIpc) is 2.38. The fraction of sp³-hybridized carbons (Fsp3) is 0.769. The Morgan fingerprint density at radius 2 is 1.64 bits per heavy atom. The molecular weight excluding hydrogens is 417 g/mol. The zero-order chi connectivity index (χ0) is 16.5. The third kappa shape index (κ3) is 11.7. The molecule has 9 heteroatoms. The Hall–Kier alpha value is 0.174. The van der Waals surface area contributed by atoms with Gasteiger partial charge in [0, 0.05) is 41.3 Å². The van der Waals surface area contributed by atoms with Crippen molar-refractivity contribution in [3.63, 3.8) is 0 Å². The standard InChI is InChI=1S/C8H15N2O2.C5H11N2O.H2O.Pr/c1-5(9)6(11)7(12)8(2,3)10-4;1-4(2)5(3-8)7-6;;/h5,9-10H,1-4H3;4-5,7H,6H2,1-2H3;1H2;/q2*-1;;/p-1/t2*5-;;/m11../s1. The quantitative estimate of drug-likeness (QED) is 0.216. The number of hydrogen-bond donors (Lipinski definition) is 3. The van der Waals surface area contributed by atoms with Gasteiger partial charge < -0.3 is 21.3 Å². The van der Waals surface area contributed by atoms with E-state index in [0.29, 0.717) is 0 Å². The number of nitrogens with one attached hydrogen (secondary N) is 3. The van der Waals surface area contributed by atoms with Crippen molar-refractivity contribution >= 4 is 17.9 Å². The third-order valence-corrected chi connectivity index (χ3v) is 2.78. The summed E-state index contributed by atoms with van der Waals surface area (Å²) >= 11 is 0. The number of hydrazine groups is 1. The molecule has 129 valence electrons. The smallest absolute Gasteiger partial charge is 0.216 e. The molecular formula is C13H27N4O4Pr-3. The van der Waals surface area contributed by atoms with Crippen LogP contribution >= 0.6 is 0 Å². The molecule has 0 aliphatic carbocycles. The van der Waals surface area contributed by atoms with Crippen molar-refractivity contribution in [2.45, 2.75) is 52.2 Å². The van der Waals surface area contributed by atoms with E-state index in [4.69, 9.17) is 11.6 Å². The summed E-state index contributed by atoms with van der Waals surface area (Å²) in [6, 6.07) is -1.29. The molecule has 6 N–H and O–H groups in total. The van der Waals surface area contributed by atoms with Gasteiger partial charge in [-0.15, -0.1) is 0 Å². The van der Waals surface area contributed by atoms with Crippen LogP contribution in [0, 0.1) is 47.2 Å². The van der Waals surface area contributed by atoms with Crippen LogP contribution in [0.4, 0.5) is 0 Å². The van der Waals surface area contributed by atoms with Crippen molar-refractivity contribution < 1.29 is 61.2 Å². The maximum Gasteiger partial charge on any atom is 0.216 e. The first kappa shape index (κ1) is 30.1. The maximum absolute atomic E-state index is 11.3. The number of hydrogen-bond acceptors (Lipinski definition) is 7. The SMILES string of the molecule is CC(C)[C@@H]([C-]=O)NN.CNC(C)(C)C(=O)C(=O)[C@@H](C)[NH-].[OH-].[Pr]. The van der Waals surface area contributed by atoms with Crippen LogP contribution < -0.4 is 16.6 Å². The molecule has 0 rings (SSSR count). The predicted molar refractivity (Wildman–Crippen MR) is 80.5 cm³/mol. The molecule has 0 aromatic heterocycles. The summed E-state index contributed by atoms with van der Waals surface area (Å²) in [5.41, 5.74) is 8.54. The van der Waals surface area contributed by atoms with Gasteiger partial charge in [0.05, 0.1) is 5.54 Å². The molecule has 0 aliphatic heterocycles. The van der Waals surface area contributed by atoms with Crippen LogP contribution in [0.5, 0.6) is 0 Å². The summed E-state index contributed by atoms with van der Waals surface area (Å²) in [5, 5.41) is 2.72. The van der Waals surface area contributed by atoms with Gasteiger partial charge in [-0.05, 0) is 20.9 Å². The second-order valence-electron chi connectivity index (χ2n) is 5.30. The van der Waals surface area contributed by atoms with Crippen LogP contribution in [0.15, 0.2) is 0 Å². The molecule has 0 saturated heterocycles. The Morgan fingerprint density at radius 1 is 1.23 bits per heavy atom. The van der Waals surface area contributed by atoms with Crippen molar-refractivity contribution in [2.75, 3.05) is 7.05 Å². The van der Waals surface area contributed by atoms with E-state index in [1.165, 1.54) is 6.92 Å². The second-order valence-corrected chi connectivity index (χ2v) is 5.30. The van der Waals surface area contributed by atoms with Crippen molar-refractivity contribution in [3.05, 3.63) is 5.73 Å². The van der Waals surface area contributed by atoms with Gasteiger partial charge in [0.15, 0.2) is 5.78 Å². The van der Waals surface area contributed by atoms with E-state index in [0.717, 1.165) is 0 Å². The number of rotatable bonds is 7. The predicted octanol–water partition coefficient (Wildman–Crippen LogP) is -0.0295. The minimum atomic E-state index is -0.967. The summed E-state index contributed by atoms with van der Waals surface area (Å²) in [6.07, 6.45) is 1.77. The molecule has 0 amide bonds. The molecule has 8 nitrogen and oxygen atoms in total. The van der Waals surface area contributed by atoms with Crippen molar-refractivity contribution in [1.29, 1.82) is 0 Å². The fourth-order valence-electron chi connectivity index (χ4n) is 0.981. The van der Waals surface area contributed by atoms with E-state index >= 15 is 0 Å². The largest absolute Gasteiger partial charge is 0.870 e.